The van der Waals surface area contributed by atoms with Crippen molar-refractivity contribution in [3.05, 3.63) is 23.5 Å². The molecule has 0 radical (unpaired) electrons. The Hall–Kier alpha value is -0.760. The van der Waals surface area contributed by atoms with E-state index in [9.17, 15) is 0 Å². The number of rotatable bonds is 1. The topological polar surface area (TPSA) is 21.3 Å². The summed E-state index contributed by atoms with van der Waals surface area (Å²) in [6.45, 7) is 0.975. The third kappa shape index (κ3) is 4.85. The van der Waals surface area contributed by atoms with Crippen molar-refractivity contribution in [2.24, 2.45) is 0 Å². The van der Waals surface area contributed by atoms with E-state index < -0.39 is 0 Å². The van der Waals surface area contributed by atoms with Gasteiger partial charge in [-0.05, 0) is 56.1 Å². The average Bonchev–Trinajstić information content (AvgIpc) is 2.61. The molecule has 102 valence electrons. The number of allylic oxidation sites excluding steroid dienone is 3. The van der Waals surface area contributed by atoms with Crippen LogP contribution in [0.15, 0.2) is 23.5 Å². The van der Waals surface area contributed by atoms with Crippen LogP contribution < -0.4 is 5.48 Å². The minimum atomic E-state index is 0.975. The smallest absolute Gasteiger partial charge is 0.114 e. The van der Waals surface area contributed by atoms with Crippen LogP contribution in [0.5, 0.6) is 0 Å². The molecule has 2 nitrogen and oxygen atoms in total. The molecule has 0 aromatic rings. The molecule has 1 heterocycles. The minimum absolute atomic E-state index is 0.975. The molecule has 0 saturated carbocycles. The molecule has 0 aromatic carbocycles. The molecule has 0 aromatic heterocycles. The van der Waals surface area contributed by atoms with Crippen molar-refractivity contribution >= 4 is 0 Å². The first-order valence-electron chi connectivity index (χ1n) is 7.74. The summed E-state index contributed by atoms with van der Waals surface area (Å²) in [4.78, 5) is 5.47. The van der Waals surface area contributed by atoms with Crippen molar-refractivity contribution in [3.63, 3.8) is 0 Å². The molecule has 18 heavy (non-hydrogen) atoms. The van der Waals surface area contributed by atoms with E-state index in [1.54, 1.807) is 5.57 Å². The molecule has 2 rings (SSSR count). The summed E-state index contributed by atoms with van der Waals surface area (Å²) >= 11 is 0. The zero-order valence-electron chi connectivity index (χ0n) is 11.5. The van der Waals surface area contributed by atoms with Crippen LogP contribution >= 0.6 is 0 Å². The van der Waals surface area contributed by atoms with Crippen LogP contribution in [0, 0.1) is 0 Å². The lowest BCUT2D eigenvalue weighted by atomic mass is 9.95. The molecule has 0 amide bonds. The Morgan fingerprint density at radius 3 is 2.44 bits per heavy atom. The van der Waals surface area contributed by atoms with Gasteiger partial charge in [0, 0.05) is 6.54 Å². The first kappa shape index (κ1) is 13.7. The molecular formula is C16H27NO. The van der Waals surface area contributed by atoms with Gasteiger partial charge in [0.05, 0.1) is 0 Å². The van der Waals surface area contributed by atoms with E-state index in [0.717, 1.165) is 6.54 Å². The van der Waals surface area contributed by atoms with Crippen molar-refractivity contribution in [3.8, 4) is 0 Å². The lowest BCUT2D eigenvalue weighted by Gasteiger charge is -2.11. The van der Waals surface area contributed by atoms with Gasteiger partial charge in [0.1, 0.15) is 6.26 Å². The Bertz CT molecular complexity index is 263. The third-order valence-electron chi connectivity index (χ3n) is 3.96. The summed E-state index contributed by atoms with van der Waals surface area (Å²) in [6, 6.07) is 0. The van der Waals surface area contributed by atoms with Gasteiger partial charge in [0.15, 0.2) is 0 Å². The van der Waals surface area contributed by atoms with E-state index in [4.69, 9.17) is 4.84 Å². The molecule has 0 atom stereocenters. The maximum atomic E-state index is 5.47. The fourth-order valence-corrected chi connectivity index (χ4v) is 2.82. The SMILES string of the molecule is C1=C(C2=CONCCCCC2)CCCCCCC1. The van der Waals surface area contributed by atoms with Crippen LogP contribution in [0.4, 0.5) is 0 Å². The fourth-order valence-electron chi connectivity index (χ4n) is 2.82. The van der Waals surface area contributed by atoms with Gasteiger partial charge in [-0.1, -0.05) is 31.8 Å². The molecule has 0 bridgehead atoms. The molecular weight excluding hydrogens is 222 g/mol. The molecule has 1 aliphatic carbocycles. The highest BCUT2D eigenvalue weighted by molar-refractivity contribution is 5.29. The maximum Gasteiger partial charge on any atom is 0.114 e. The standard InChI is InChI=1S/C16H27NO/c1-2-4-7-11-15(10-6-3-1)16-12-8-5-9-13-17-18-14-16/h10,14,17H,1-9,11-13H2. The lowest BCUT2D eigenvalue weighted by Crippen LogP contribution is -2.12. The summed E-state index contributed by atoms with van der Waals surface area (Å²) in [5.74, 6) is 0. The van der Waals surface area contributed by atoms with Crippen LogP contribution in [0.25, 0.3) is 0 Å². The van der Waals surface area contributed by atoms with Crippen molar-refractivity contribution in [2.75, 3.05) is 6.54 Å². The maximum absolute atomic E-state index is 5.47. The van der Waals surface area contributed by atoms with E-state index in [1.165, 1.54) is 76.2 Å². The van der Waals surface area contributed by atoms with Crippen molar-refractivity contribution in [2.45, 2.75) is 70.6 Å². The van der Waals surface area contributed by atoms with Crippen molar-refractivity contribution in [1.82, 2.24) is 5.48 Å². The van der Waals surface area contributed by atoms with E-state index in [2.05, 4.69) is 11.6 Å². The molecule has 0 unspecified atom stereocenters. The Morgan fingerprint density at radius 2 is 1.50 bits per heavy atom. The first-order chi connectivity index (χ1) is 8.97. The highest BCUT2D eigenvalue weighted by Crippen LogP contribution is 2.26. The van der Waals surface area contributed by atoms with E-state index >= 15 is 0 Å². The van der Waals surface area contributed by atoms with Gasteiger partial charge in [-0.15, -0.1) is 0 Å². The second-order valence-corrected chi connectivity index (χ2v) is 5.50. The quantitative estimate of drug-likeness (QED) is 0.731. The number of hydroxylamine groups is 1. The summed E-state index contributed by atoms with van der Waals surface area (Å²) in [5.41, 5.74) is 6.03. The normalized spacial score (nSPS) is 24.0. The molecule has 0 spiro atoms. The molecule has 0 saturated heterocycles. The Labute approximate surface area is 111 Å². The predicted molar refractivity (Wildman–Crippen MR) is 76.0 cm³/mol. The monoisotopic (exact) mass is 249 g/mol. The molecule has 2 aliphatic rings. The Kier molecular flexibility index (Phi) is 6.35. The number of nitrogens with one attached hydrogen (secondary N) is 1. The summed E-state index contributed by atoms with van der Waals surface area (Å²) < 4.78 is 0. The average molecular weight is 249 g/mol. The third-order valence-corrected chi connectivity index (χ3v) is 3.96. The van der Waals surface area contributed by atoms with Crippen molar-refractivity contribution < 1.29 is 4.84 Å². The first-order valence-corrected chi connectivity index (χ1v) is 7.74. The second kappa shape index (κ2) is 8.36. The fraction of sp³-hybridized carbons (Fsp3) is 0.750. The summed E-state index contributed by atoms with van der Waals surface area (Å²) in [5, 5.41) is 0. The van der Waals surface area contributed by atoms with E-state index in [0.29, 0.717) is 0 Å². The highest BCUT2D eigenvalue weighted by Gasteiger charge is 2.09. The second-order valence-electron chi connectivity index (χ2n) is 5.50. The number of hydrogen-bond acceptors (Lipinski definition) is 2. The minimum Gasteiger partial charge on any atom is -0.416 e. The summed E-state index contributed by atoms with van der Waals surface area (Å²) in [7, 11) is 0. The number of hydrogen-bond donors (Lipinski definition) is 1. The highest BCUT2D eigenvalue weighted by atomic mass is 16.6. The van der Waals surface area contributed by atoms with Crippen LogP contribution in [0.2, 0.25) is 0 Å². The molecule has 0 fully saturated rings. The zero-order valence-corrected chi connectivity index (χ0v) is 11.5. The summed E-state index contributed by atoms with van der Waals surface area (Å²) in [6.07, 6.45) is 18.9. The zero-order chi connectivity index (χ0) is 12.5. The Morgan fingerprint density at radius 1 is 0.778 bits per heavy atom. The Balaban J connectivity index is 1.99. The molecule has 1 aliphatic heterocycles. The van der Waals surface area contributed by atoms with E-state index in [1.807, 2.05) is 6.26 Å². The molecule has 2 heteroatoms. The van der Waals surface area contributed by atoms with Crippen LogP contribution in [-0.4, -0.2) is 6.54 Å². The van der Waals surface area contributed by atoms with Gasteiger partial charge < -0.3 is 4.84 Å². The largest absolute Gasteiger partial charge is 0.416 e. The van der Waals surface area contributed by atoms with Gasteiger partial charge in [-0.2, -0.15) is 5.48 Å². The van der Waals surface area contributed by atoms with Crippen LogP contribution in [0.3, 0.4) is 0 Å². The van der Waals surface area contributed by atoms with Gasteiger partial charge in [0.25, 0.3) is 0 Å². The lowest BCUT2D eigenvalue weighted by molar-refractivity contribution is 0.133. The van der Waals surface area contributed by atoms with Gasteiger partial charge in [0.2, 0.25) is 0 Å². The van der Waals surface area contributed by atoms with Crippen molar-refractivity contribution in [1.29, 1.82) is 0 Å². The predicted octanol–water partition coefficient (Wildman–Crippen LogP) is 4.64. The van der Waals surface area contributed by atoms with Gasteiger partial charge in [-0.25, -0.2) is 0 Å². The van der Waals surface area contributed by atoms with Crippen LogP contribution in [0.1, 0.15) is 70.6 Å². The van der Waals surface area contributed by atoms with Gasteiger partial charge >= 0.3 is 0 Å². The molecule has 1 N–H and O–H groups in total. The van der Waals surface area contributed by atoms with Gasteiger partial charge in [-0.3, -0.25) is 0 Å². The van der Waals surface area contributed by atoms with Crippen LogP contribution in [-0.2, 0) is 4.84 Å². The van der Waals surface area contributed by atoms with E-state index in [-0.39, 0.29) is 0 Å².